The Morgan fingerprint density at radius 1 is 1.07 bits per heavy atom. The van der Waals surface area contributed by atoms with Gasteiger partial charge in [0.25, 0.3) is 5.91 Å². The van der Waals surface area contributed by atoms with Gasteiger partial charge in [0.2, 0.25) is 0 Å². The van der Waals surface area contributed by atoms with Crippen LogP contribution in [0.15, 0.2) is 54.6 Å². The van der Waals surface area contributed by atoms with Crippen LogP contribution in [0.4, 0.5) is 4.39 Å². The number of carbonyl (C=O) groups is 1. The first-order valence-electron chi connectivity index (χ1n) is 9.99. The molecule has 29 heavy (non-hydrogen) atoms. The van der Waals surface area contributed by atoms with Gasteiger partial charge < -0.3 is 9.64 Å². The van der Waals surface area contributed by atoms with Gasteiger partial charge in [-0.15, -0.1) is 0 Å². The van der Waals surface area contributed by atoms with Crippen molar-refractivity contribution in [3.8, 4) is 17.0 Å². The van der Waals surface area contributed by atoms with Gasteiger partial charge in [0, 0.05) is 31.5 Å². The number of aromatic nitrogens is 2. The van der Waals surface area contributed by atoms with Gasteiger partial charge in [0.15, 0.2) is 0 Å². The molecule has 1 saturated heterocycles. The number of hydrogen-bond donors (Lipinski definition) is 1. The second-order valence-electron chi connectivity index (χ2n) is 7.86. The normalized spacial score (nSPS) is 17.6. The lowest BCUT2D eigenvalue weighted by Crippen LogP contribution is -2.51. The number of aryl methyl sites for hydroxylation is 1. The molecule has 3 heterocycles. The Balaban J connectivity index is 1.26. The van der Waals surface area contributed by atoms with Crippen LogP contribution in [0.5, 0.6) is 5.75 Å². The predicted octanol–water partition coefficient (Wildman–Crippen LogP) is 4.22. The van der Waals surface area contributed by atoms with Crippen LogP contribution in [0.25, 0.3) is 11.3 Å². The fourth-order valence-corrected chi connectivity index (χ4v) is 4.30. The first kappa shape index (κ1) is 17.9. The van der Waals surface area contributed by atoms with Crippen LogP contribution in [0.2, 0.25) is 0 Å². The average molecular weight is 391 g/mol. The van der Waals surface area contributed by atoms with Crippen LogP contribution >= 0.6 is 0 Å². The maximum Gasteiger partial charge on any atom is 0.271 e. The van der Waals surface area contributed by atoms with E-state index in [1.165, 1.54) is 17.7 Å². The van der Waals surface area contributed by atoms with Crippen molar-refractivity contribution in [1.29, 1.82) is 0 Å². The maximum atomic E-state index is 13.1. The van der Waals surface area contributed by atoms with E-state index in [2.05, 4.69) is 16.3 Å². The Labute approximate surface area is 168 Å². The number of halogens is 1. The minimum Gasteiger partial charge on any atom is -0.487 e. The van der Waals surface area contributed by atoms with E-state index in [0.29, 0.717) is 24.5 Å². The maximum absolute atomic E-state index is 13.1. The standard InChI is InChI=1S/C23H22FN3O2/c24-18-7-5-16(6-8-18)19-15-20(26-25-19)22(28)27-13-11-23(12-14-27)10-9-17-3-1-2-4-21(17)29-23/h1-8,15H,9-14H2,(H,25,26). The van der Waals surface area contributed by atoms with Crippen molar-refractivity contribution in [2.75, 3.05) is 13.1 Å². The summed E-state index contributed by atoms with van der Waals surface area (Å²) in [5.74, 6) is 0.628. The van der Waals surface area contributed by atoms with Crippen molar-refractivity contribution < 1.29 is 13.9 Å². The Morgan fingerprint density at radius 3 is 2.62 bits per heavy atom. The van der Waals surface area contributed by atoms with Crippen molar-refractivity contribution in [2.24, 2.45) is 0 Å². The topological polar surface area (TPSA) is 58.2 Å². The fourth-order valence-electron chi connectivity index (χ4n) is 4.30. The largest absolute Gasteiger partial charge is 0.487 e. The molecule has 3 aromatic rings. The lowest BCUT2D eigenvalue weighted by atomic mass is 9.83. The van der Waals surface area contributed by atoms with E-state index in [4.69, 9.17) is 4.74 Å². The second kappa shape index (κ2) is 7.03. The Hall–Kier alpha value is -3.15. The number of rotatable bonds is 2. The zero-order valence-corrected chi connectivity index (χ0v) is 16.0. The summed E-state index contributed by atoms with van der Waals surface area (Å²) in [7, 11) is 0. The molecule has 0 aliphatic carbocycles. The van der Waals surface area contributed by atoms with Crippen LogP contribution in [-0.4, -0.2) is 39.7 Å². The van der Waals surface area contributed by atoms with Crippen LogP contribution in [0.3, 0.4) is 0 Å². The van der Waals surface area contributed by atoms with Crippen molar-refractivity contribution >= 4 is 5.91 Å². The van der Waals surface area contributed by atoms with Gasteiger partial charge in [-0.25, -0.2) is 4.39 Å². The molecule has 2 aliphatic heterocycles. The molecule has 0 atom stereocenters. The third kappa shape index (κ3) is 3.39. The second-order valence-corrected chi connectivity index (χ2v) is 7.86. The summed E-state index contributed by atoms with van der Waals surface area (Å²) in [6.07, 6.45) is 3.66. The number of H-pyrrole nitrogens is 1. The number of piperidine rings is 1. The van der Waals surface area contributed by atoms with E-state index in [9.17, 15) is 9.18 Å². The lowest BCUT2D eigenvalue weighted by Gasteiger charge is -2.44. The molecule has 1 aromatic heterocycles. The van der Waals surface area contributed by atoms with Gasteiger partial charge in [-0.3, -0.25) is 9.89 Å². The first-order chi connectivity index (χ1) is 14.1. The summed E-state index contributed by atoms with van der Waals surface area (Å²) in [4.78, 5) is 14.8. The summed E-state index contributed by atoms with van der Waals surface area (Å²) < 4.78 is 19.5. The van der Waals surface area contributed by atoms with Crippen LogP contribution in [0.1, 0.15) is 35.3 Å². The summed E-state index contributed by atoms with van der Waals surface area (Å²) >= 11 is 0. The van der Waals surface area contributed by atoms with E-state index in [1.54, 1.807) is 18.2 Å². The van der Waals surface area contributed by atoms with Gasteiger partial charge in [-0.05, 0) is 54.8 Å². The zero-order valence-electron chi connectivity index (χ0n) is 16.0. The number of benzene rings is 2. The molecule has 2 aromatic carbocycles. The number of nitrogens with zero attached hydrogens (tertiary/aromatic N) is 2. The summed E-state index contributed by atoms with van der Waals surface area (Å²) in [6, 6.07) is 16.0. The molecule has 5 rings (SSSR count). The molecule has 2 aliphatic rings. The number of hydrogen-bond acceptors (Lipinski definition) is 3. The highest BCUT2D eigenvalue weighted by Gasteiger charge is 2.40. The van der Waals surface area contributed by atoms with Crippen LogP contribution in [0, 0.1) is 5.82 Å². The van der Waals surface area contributed by atoms with E-state index < -0.39 is 0 Å². The summed E-state index contributed by atoms with van der Waals surface area (Å²) in [5.41, 5.74) is 2.96. The summed E-state index contributed by atoms with van der Waals surface area (Å²) in [5, 5.41) is 7.05. The molecule has 5 nitrogen and oxygen atoms in total. The third-order valence-corrected chi connectivity index (χ3v) is 6.06. The molecule has 6 heteroatoms. The number of amides is 1. The number of fused-ring (bicyclic) bond motifs is 1. The Kier molecular flexibility index (Phi) is 4.34. The number of nitrogens with one attached hydrogen (secondary N) is 1. The molecule has 0 unspecified atom stereocenters. The summed E-state index contributed by atoms with van der Waals surface area (Å²) in [6.45, 7) is 1.32. The van der Waals surface area contributed by atoms with Crippen molar-refractivity contribution in [2.45, 2.75) is 31.3 Å². The monoisotopic (exact) mass is 391 g/mol. The Morgan fingerprint density at radius 2 is 1.83 bits per heavy atom. The average Bonchev–Trinajstić information content (AvgIpc) is 3.24. The number of aromatic amines is 1. The van der Waals surface area contributed by atoms with Crippen molar-refractivity contribution in [1.82, 2.24) is 15.1 Å². The molecular formula is C23H22FN3O2. The molecule has 0 bridgehead atoms. The molecule has 0 saturated carbocycles. The highest BCUT2D eigenvalue weighted by Crippen LogP contribution is 2.39. The minimum atomic E-state index is -0.296. The third-order valence-electron chi connectivity index (χ3n) is 6.06. The lowest BCUT2D eigenvalue weighted by molar-refractivity contribution is -0.0108. The predicted molar refractivity (Wildman–Crippen MR) is 107 cm³/mol. The minimum absolute atomic E-state index is 0.0584. The Bertz CT molecular complexity index is 1040. The van der Waals surface area contributed by atoms with Crippen LogP contribution in [-0.2, 0) is 6.42 Å². The number of para-hydroxylation sites is 1. The smallest absolute Gasteiger partial charge is 0.271 e. The zero-order chi connectivity index (χ0) is 19.8. The highest BCUT2D eigenvalue weighted by atomic mass is 19.1. The van der Waals surface area contributed by atoms with E-state index in [0.717, 1.165) is 37.0 Å². The SMILES string of the molecule is O=C(c1cc(-c2ccc(F)cc2)n[nH]1)N1CCC2(CCc3ccccc3O2)CC1. The van der Waals surface area contributed by atoms with Gasteiger partial charge >= 0.3 is 0 Å². The van der Waals surface area contributed by atoms with Crippen LogP contribution < -0.4 is 4.74 Å². The molecule has 1 fully saturated rings. The highest BCUT2D eigenvalue weighted by molar-refractivity contribution is 5.93. The van der Waals surface area contributed by atoms with Crippen molar-refractivity contribution in [3.63, 3.8) is 0 Å². The molecule has 148 valence electrons. The van der Waals surface area contributed by atoms with E-state index >= 15 is 0 Å². The molecule has 1 spiro atoms. The van der Waals surface area contributed by atoms with Gasteiger partial charge in [0.05, 0.1) is 5.69 Å². The first-order valence-corrected chi connectivity index (χ1v) is 9.99. The fraction of sp³-hybridized carbons (Fsp3) is 0.304. The number of ether oxygens (including phenoxy) is 1. The number of likely N-dealkylation sites (tertiary alicyclic amines) is 1. The van der Waals surface area contributed by atoms with Crippen molar-refractivity contribution in [3.05, 3.63) is 71.7 Å². The quantitative estimate of drug-likeness (QED) is 0.712. The van der Waals surface area contributed by atoms with Gasteiger partial charge in [-0.1, -0.05) is 18.2 Å². The molecular weight excluding hydrogens is 369 g/mol. The molecule has 0 radical (unpaired) electrons. The van der Waals surface area contributed by atoms with E-state index in [1.807, 2.05) is 23.1 Å². The number of carbonyl (C=O) groups excluding carboxylic acids is 1. The van der Waals surface area contributed by atoms with Gasteiger partial charge in [-0.2, -0.15) is 5.10 Å². The molecule has 1 N–H and O–H groups in total. The molecule has 1 amide bonds. The van der Waals surface area contributed by atoms with E-state index in [-0.39, 0.29) is 17.3 Å². The van der Waals surface area contributed by atoms with Gasteiger partial charge in [0.1, 0.15) is 22.9 Å².